The van der Waals surface area contributed by atoms with Crippen LogP contribution in [0.4, 0.5) is 16.2 Å². The van der Waals surface area contributed by atoms with Crippen LogP contribution in [0.2, 0.25) is 0 Å². The molecule has 3 rings (SSSR count). The number of carbonyl (C=O) groups is 2. The molecule has 0 bridgehead atoms. The monoisotopic (exact) mass is 397 g/mol. The van der Waals surface area contributed by atoms with Crippen molar-refractivity contribution in [1.29, 1.82) is 0 Å². The van der Waals surface area contributed by atoms with Gasteiger partial charge in [-0.15, -0.1) is 0 Å². The van der Waals surface area contributed by atoms with Gasteiger partial charge >= 0.3 is 6.09 Å². The zero-order chi connectivity index (χ0) is 20.6. The number of methoxy groups -OCH3 is 1. The van der Waals surface area contributed by atoms with Gasteiger partial charge in [0.05, 0.1) is 25.0 Å². The molecule has 2 aromatic rings. The number of piperidine rings is 1. The van der Waals surface area contributed by atoms with Crippen LogP contribution in [0, 0.1) is 0 Å². The fourth-order valence-electron chi connectivity index (χ4n) is 3.30. The predicted octanol–water partition coefficient (Wildman–Crippen LogP) is 3.79. The molecule has 1 aliphatic heterocycles. The first-order chi connectivity index (χ1) is 14.1. The van der Waals surface area contributed by atoms with Crippen molar-refractivity contribution in [1.82, 2.24) is 10.2 Å². The highest BCUT2D eigenvalue weighted by molar-refractivity contribution is 6.00. The van der Waals surface area contributed by atoms with Crippen LogP contribution in [-0.2, 0) is 4.74 Å². The van der Waals surface area contributed by atoms with E-state index in [1.54, 1.807) is 25.0 Å². The van der Waals surface area contributed by atoms with Crippen molar-refractivity contribution in [3.63, 3.8) is 0 Å². The van der Waals surface area contributed by atoms with Gasteiger partial charge in [-0.05, 0) is 56.2 Å². The number of para-hydroxylation sites is 1. The Morgan fingerprint density at radius 3 is 2.41 bits per heavy atom. The van der Waals surface area contributed by atoms with Crippen molar-refractivity contribution < 1.29 is 19.1 Å². The smallest absolute Gasteiger partial charge is 0.409 e. The molecule has 0 aliphatic carbocycles. The number of carbonyl (C=O) groups excluding carboxylic acids is 2. The van der Waals surface area contributed by atoms with Crippen LogP contribution in [0.3, 0.4) is 0 Å². The van der Waals surface area contributed by atoms with Crippen molar-refractivity contribution in [2.24, 2.45) is 0 Å². The lowest BCUT2D eigenvalue weighted by molar-refractivity contribution is 0.0860. The highest BCUT2D eigenvalue weighted by atomic mass is 16.6. The molecule has 0 saturated carbocycles. The van der Waals surface area contributed by atoms with Gasteiger partial charge in [0, 0.05) is 24.8 Å². The summed E-state index contributed by atoms with van der Waals surface area (Å²) in [4.78, 5) is 26.4. The molecule has 7 nitrogen and oxygen atoms in total. The van der Waals surface area contributed by atoms with Gasteiger partial charge in [-0.1, -0.05) is 12.1 Å². The molecule has 2 amide bonds. The molecule has 154 valence electrons. The van der Waals surface area contributed by atoms with Crippen LogP contribution in [0.1, 0.15) is 30.1 Å². The van der Waals surface area contributed by atoms with Crippen LogP contribution in [0.15, 0.2) is 48.5 Å². The third-order valence-corrected chi connectivity index (χ3v) is 4.90. The molecular formula is C22H27N3O4. The SMILES string of the molecule is CCOC(=O)N1CCC(NC(=O)c2ccccc2Nc2ccc(OC)cc2)CC1. The molecule has 0 atom stereocenters. The number of rotatable bonds is 6. The molecule has 1 fully saturated rings. The average molecular weight is 397 g/mol. The maximum atomic E-state index is 12.9. The summed E-state index contributed by atoms with van der Waals surface area (Å²) >= 11 is 0. The normalized spacial score (nSPS) is 14.2. The van der Waals surface area contributed by atoms with E-state index in [1.165, 1.54) is 0 Å². The fourth-order valence-corrected chi connectivity index (χ4v) is 3.30. The van der Waals surface area contributed by atoms with E-state index in [0.717, 1.165) is 17.1 Å². The number of nitrogens with zero attached hydrogens (tertiary/aromatic N) is 1. The van der Waals surface area contributed by atoms with E-state index in [1.807, 2.05) is 42.5 Å². The molecule has 0 radical (unpaired) electrons. The van der Waals surface area contributed by atoms with E-state index in [2.05, 4.69) is 10.6 Å². The maximum Gasteiger partial charge on any atom is 0.409 e. The summed E-state index contributed by atoms with van der Waals surface area (Å²) in [5, 5.41) is 6.39. The van der Waals surface area contributed by atoms with Crippen molar-refractivity contribution in [2.45, 2.75) is 25.8 Å². The van der Waals surface area contributed by atoms with Crippen LogP contribution in [0.5, 0.6) is 5.75 Å². The highest BCUT2D eigenvalue weighted by Gasteiger charge is 2.25. The lowest BCUT2D eigenvalue weighted by atomic mass is 10.0. The lowest BCUT2D eigenvalue weighted by Crippen LogP contribution is -2.46. The number of benzene rings is 2. The summed E-state index contributed by atoms with van der Waals surface area (Å²) in [6.07, 6.45) is 1.13. The Morgan fingerprint density at radius 1 is 1.07 bits per heavy atom. The van der Waals surface area contributed by atoms with Crippen molar-refractivity contribution in [3.05, 3.63) is 54.1 Å². The Kier molecular flexibility index (Phi) is 6.94. The molecule has 1 aliphatic rings. The quantitative estimate of drug-likeness (QED) is 0.775. The molecule has 0 aromatic heterocycles. The van der Waals surface area contributed by atoms with E-state index < -0.39 is 0 Å². The second-order valence-electron chi connectivity index (χ2n) is 6.83. The molecule has 1 heterocycles. The first-order valence-electron chi connectivity index (χ1n) is 9.83. The molecular weight excluding hydrogens is 370 g/mol. The maximum absolute atomic E-state index is 12.9. The van der Waals surface area contributed by atoms with Gasteiger partial charge in [-0.2, -0.15) is 0 Å². The second-order valence-corrected chi connectivity index (χ2v) is 6.83. The number of nitrogens with one attached hydrogen (secondary N) is 2. The van der Waals surface area contributed by atoms with E-state index in [9.17, 15) is 9.59 Å². The first-order valence-corrected chi connectivity index (χ1v) is 9.83. The Balaban J connectivity index is 1.61. The molecule has 0 spiro atoms. The van der Waals surface area contributed by atoms with E-state index in [0.29, 0.717) is 38.1 Å². The first kappa shape index (κ1) is 20.5. The minimum absolute atomic E-state index is 0.0298. The van der Waals surface area contributed by atoms with E-state index in [-0.39, 0.29) is 18.0 Å². The van der Waals surface area contributed by atoms with Crippen LogP contribution >= 0.6 is 0 Å². The van der Waals surface area contributed by atoms with Gasteiger partial charge in [0.25, 0.3) is 5.91 Å². The Bertz CT molecular complexity index is 830. The second kappa shape index (κ2) is 9.82. The van der Waals surface area contributed by atoms with E-state index in [4.69, 9.17) is 9.47 Å². The third kappa shape index (κ3) is 5.40. The van der Waals surface area contributed by atoms with Gasteiger partial charge in [0.1, 0.15) is 5.75 Å². The number of likely N-dealkylation sites (tertiary alicyclic amines) is 1. The summed E-state index contributed by atoms with van der Waals surface area (Å²) in [6, 6.07) is 15.0. The molecule has 29 heavy (non-hydrogen) atoms. The van der Waals surface area contributed by atoms with Gasteiger partial charge in [0.15, 0.2) is 0 Å². The number of amides is 2. The van der Waals surface area contributed by atoms with Gasteiger partial charge in [0.2, 0.25) is 0 Å². The Morgan fingerprint density at radius 2 is 1.76 bits per heavy atom. The molecule has 2 aromatic carbocycles. The van der Waals surface area contributed by atoms with Crippen LogP contribution < -0.4 is 15.4 Å². The molecule has 7 heteroatoms. The Hall–Kier alpha value is -3.22. The van der Waals surface area contributed by atoms with E-state index >= 15 is 0 Å². The lowest BCUT2D eigenvalue weighted by Gasteiger charge is -2.31. The summed E-state index contributed by atoms with van der Waals surface area (Å²) in [5.41, 5.74) is 2.18. The third-order valence-electron chi connectivity index (χ3n) is 4.90. The number of hydrogen-bond donors (Lipinski definition) is 2. The van der Waals surface area contributed by atoms with Crippen molar-refractivity contribution in [3.8, 4) is 5.75 Å². The number of ether oxygens (including phenoxy) is 2. The fraction of sp³-hybridized carbons (Fsp3) is 0.364. The molecule has 1 saturated heterocycles. The van der Waals surface area contributed by atoms with Gasteiger partial charge in [-0.3, -0.25) is 4.79 Å². The summed E-state index contributed by atoms with van der Waals surface area (Å²) in [6.45, 7) is 3.32. The molecule has 0 unspecified atom stereocenters. The minimum Gasteiger partial charge on any atom is -0.497 e. The zero-order valence-corrected chi connectivity index (χ0v) is 16.8. The Labute approximate surface area is 171 Å². The van der Waals surface area contributed by atoms with Crippen molar-refractivity contribution >= 4 is 23.4 Å². The number of anilines is 2. The highest BCUT2D eigenvalue weighted by Crippen LogP contribution is 2.23. The standard InChI is InChI=1S/C22H27N3O4/c1-3-29-22(27)25-14-12-17(13-15-25)24-21(26)19-6-4-5-7-20(19)23-16-8-10-18(28-2)11-9-16/h4-11,17,23H,3,12-15H2,1-2H3,(H,24,26). The average Bonchev–Trinajstić information content (AvgIpc) is 2.75. The summed E-state index contributed by atoms with van der Waals surface area (Å²) in [7, 11) is 1.62. The zero-order valence-electron chi connectivity index (χ0n) is 16.8. The van der Waals surface area contributed by atoms with Gasteiger partial charge < -0.3 is 25.0 Å². The minimum atomic E-state index is -0.286. The molecule has 2 N–H and O–H groups in total. The van der Waals surface area contributed by atoms with Crippen LogP contribution in [-0.4, -0.2) is 49.7 Å². The largest absolute Gasteiger partial charge is 0.497 e. The summed E-state index contributed by atoms with van der Waals surface area (Å²) in [5.74, 6) is 0.645. The number of hydrogen-bond acceptors (Lipinski definition) is 5. The van der Waals surface area contributed by atoms with Crippen LogP contribution in [0.25, 0.3) is 0 Å². The summed E-state index contributed by atoms with van der Waals surface area (Å²) < 4.78 is 10.2. The topological polar surface area (TPSA) is 79.9 Å². The van der Waals surface area contributed by atoms with Crippen molar-refractivity contribution in [2.75, 3.05) is 32.1 Å². The predicted molar refractivity (Wildman–Crippen MR) is 112 cm³/mol. The van der Waals surface area contributed by atoms with Gasteiger partial charge in [-0.25, -0.2) is 4.79 Å².